The van der Waals surface area contributed by atoms with E-state index in [-0.39, 0.29) is 12.2 Å². The Labute approximate surface area is 118 Å². The fourth-order valence-electron chi connectivity index (χ4n) is 1.89. The lowest BCUT2D eigenvalue weighted by Crippen LogP contribution is -2.07. The molecule has 1 aromatic carbocycles. The van der Waals surface area contributed by atoms with Gasteiger partial charge in [-0.2, -0.15) is 0 Å². The van der Waals surface area contributed by atoms with Crippen molar-refractivity contribution in [1.82, 2.24) is 4.98 Å². The second kappa shape index (κ2) is 6.19. The molecule has 0 spiro atoms. The Morgan fingerprint density at radius 3 is 2.55 bits per heavy atom. The van der Waals surface area contributed by atoms with Crippen LogP contribution >= 0.6 is 0 Å². The SMILES string of the molecule is COc1ccc(C(=O)Cc2ccc(C)cn2)c(OC)c1. The normalized spacial score (nSPS) is 10.2. The minimum Gasteiger partial charge on any atom is -0.497 e. The molecule has 0 saturated heterocycles. The van der Waals surface area contributed by atoms with E-state index in [0.29, 0.717) is 17.1 Å². The van der Waals surface area contributed by atoms with Gasteiger partial charge in [0.15, 0.2) is 5.78 Å². The van der Waals surface area contributed by atoms with Gasteiger partial charge in [-0.15, -0.1) is 0 Å². The Bertz CT molecular complexity index is 606. The third kappa shape index (κ3) is 3.15. The van der Waals surface area contributed by atoms with Crippen LogP contribution in [0.2, 0.25) is 0 Å². The van der Waals surface area contributed by atoms with Gasteiger partial charge >= 0.3 is 0 Å². The van der Waals surface area contributed by atoms with E-state index in [0.717, 1.165) is 11.3 Å². The minimum absolute atomic E-state index is 0.0270. The van der Waals surface area contributed by atoms with Crippen LogP contribution in [0.5, 0.6) is 11.5 Å². The van der Waals surface area contributed by atoms with Crippen molar-refractivity contribution >= 4 is 5.78 Å². The third-order valence-electron chi connectivity index (χ3n) is 3.02. The van der Waals surface area contributed by atoms with Crippen molar-refractivity contribution in [3.8, 4) is 11.5 Å². The summed E-state index contributed by atoms with van der Waals surface area (Å²) in [7, 11) is 3.11. The fraction of sp³-hybridized carbons (Fsp3) is 0.250. The number of hydrogen-bond acceptors (Lipinski definition) is 4. The number of aromatic nitrogens is 1. The van der Waals surface area contributed by atoms with Gasteiger partial charge in [0.1, 0.15) is 11.5 Å². The summed E-state index contributed by atoms with van der Waals surface area (Å²) in [5.74, 6) is 1.15. The van der Waals surface area contributed by atoms with Crippen LogP contribution in [0, 0.1) is 6.92 Å². The number of carbonyl (C=O) groups excluding carboxylic acids is 1. The number of rotatable bonds is 5. The minimum atomic E-state index is -0.0270. The number of benzene rings is 1. The molecule has 2 aromatic rings. The summed E-state index contributed by atoms with van der Waals surface area (Å²) in [5, 5.41) is 0. The highest BCUT2D eigenvalue weighted by Crippen LogP contribution is 2.25. The van der Waals surface area contributed by atoms with Gasteiger partial charge in [-0.25, -0.2) is 0 Å². The summed E-state index contributed by atoms with van der Waals surface area (Å²) in [4.78, 5) is 16.6. The van der Waals surface area contributed by atoms with E-state index in [2.05, 4.69) is 4.98 Å². The first kappa shape index (κ1) is 14.1. The maximum Gasteiger partial charge on any atom is 0.172 e. The first-order valence-electron chi connectivity index (χ1n) is 6.31. The molecule has 20 heavy (non-hydrogen) atoms. The van der Waals surface area contributed by atoms with Crippen LogP contribution in [0.1, 0.15) is 21.6 Å². The average Bonchev–Trinajstić information content (AvgIpc) is 2.48. The van der Waals surface area contributed by atoms with Crippen LogP contribution in [0.4, 0.5) is 0 Å². The van der Waals surface area contributed by atoms with Crippen molar-refractivity contribution in [2.75, 3.05) is 14.2 Å². The molecule has 0 saturated carbocycles. The largest absolute Gasteiger partial charge is 0.497 e. The molecule has 0 aliphatic carbocycles. The van der Waals surface area contributed by atoms with E-state index < -0.39 is 0 Å². The predicted molar refractivity (Wildman–Crippen MR) is 76.6 cm³/mol. The van der Waals surface area contributed by atoms with Gasteiger partial charge in [-0.1, -0.05) is 6.07 Å². The van der Waals surface area contributed by atoms with Gasteiger partial charge < -0.3 is 9.47 Å². The van der Waals surface area contributed by atoms with Gasteiger partial charge in [-0.05, 0) is 30.7 Å². The molecule has 4 heteroatoms. The summed E-state index contributed by atoms with van der Waals surface area (Å²) in [6.45, 7) is 1.96. The molecular weight excluding hydrogens is 254 g/mol. The molecule has 104 valence electrons. The molecule has 0 atom stereocenters. The smallest absolute Gasteiger partial charge is 0.172 e. The lowest BCUT2D eigenvalue weighted by atomic mass is 10.0. The maximum absolute atomic E-state index is 12.3. The van der Waals surface area contributed by atoms with Crippen LogP contribution in [-0.4, -0.2) is 25.0 Å². The zero-order valence-electron chi connectivity index (χ0n) is 11.8. The molecular formula is C16H17NO3. The van der Waals surface area contributed by atoms with Crippen LogP contribution in [0.25, 0.3) is 0 Å². The van der Waals surface area contributed by atoms with E-state index in [1.807, 2.05) is 19.1 Å². The Morgan fingerprint density at radius 2 is 1.95 bits per heavy atom. The second-order valence-electron chi connectivity index (χ2n) is 4.49. The Hall–Kier alpha value is -2.36. The van der Waals surface area contributed by atoms with Gasteiger partial charge in [0, 0.05) is 18.0 Å². The molecule has 0 aliphatic heterocycles. The highest BCUT2D eigenvalue weighted by molar-refractivity contribution is 6.00. The summed E-state index contributed by atoms with van der Waals surface area (Å²) < 4.78 is 10.4. The number of aryl methyl sites for hydroxylation is 1. The molecule has 0 fully saturated rings. The Morgan fingerprint density at radius 1 is 1.15 bits per heavy atom. The standard InChI is InChI=1S/C16H17NO3/c1-11-4-5-12(17-10-11)8-15(18)14-7-6-13(19-2)9-16(14)20-3/h4-7,9-10H,8H2,1-3H3. The molecule has 0 radical (unpaired) electrons. The number of Topliss-reactive ketones (excluding diaryl/α,β-unsaturated/α-hetero) is 1. The first-order valence-corrected chi connectivity index (χ1v) is 6.31. The fourth-order valence-corrected chi connectivity index (χ4v) is 1.89. The van der Waals surface area contributed by atoms with Crippen molar-refractivity contribution in [2.24, 2.45) is 0 Å². The van der Waals surface area contributed by atoms with Crippen molar-refractivity contribution in [3.05, 3.63) is 53.3 Å². The quantitative estimate of drug-likeness (QED) is 0.785. The maximum atomic E-state index is 12.3. The van der Waals surface area contributed by atoms with Crippen LogP contribution in [-0.2, 0) is 6.42 Å². The molecule has 4 nitrogen and oxygen atoms in total. The topological polar surface area (TPSA) is 48.4 Å². The van der Waals surface area contributed by atoms with E-state index in [1.54, 1.807) is 31.5 Å². The van der Waals surface area contributed by atoms with E-state index in [1.165, 1.54) is 7.11 Å². The van der Waals surface area contributed by atoms with Gasteiger partial charge in [0.2, 0.25) is 0 Å². The summed E-state index contributed by atoms with van der Waals surface area (Å²) in [5.41, 5.74) is 2.36. The number of pyridine rings is 1. The molecule has 1 heterocycles. The van der Waals surface area contributed by atoms with Crippen molar-refractivity contribution in [3.63, 3.8) is 0 Å². The third-order valence-corrected chi connectivity index (χ3v) is 3.02. The monoisotopic (exact) mass is 271 g/mol. The zero-order chi connectivity index (χ0) is 14.5. The number of nitrogens with zero attached hydrogens (tertiary/aromatic N) is 1. The van der Waals surface area contributed by atoms with Gasteiger partial charge in [0.05, 0.1) is 26.2 Å². The highest BCUT2D eigenvalue weighted by atomic mass is 16.5. The Balaban J connectivity index is 2.22. The van der Waals surface area contributed by atoms with E-state index in [4.69, 9.17) is 9.47 Å². The summed E-state index contributed by atoms with van der Waals surface area (Å²) in [6, 6.07) is 8.98. The van der Waals surface area contributed by atoms with Crippen molar-refractivity contribution in [2.45, 2.75) is 13.3 Å². The van der Waals surface area contributed by atoms with Crippen LogP contribution in [0.15, 0.2) is 36.5 Å². The molecule has 1 aromatic heterocycles. The van der Waals surface area contributed by atoms with Crippen LogP contribution in [0.3, 0.4) is 0 Å². The highest BCUT2D eigenvalue weighted by Gasteiger charge is 2.14. The van der Waals surface area contributed by atoms with Gasteiger partial charge in [0.25, 0.3) is 0 Å². The second-order valence-corrected chi connectivity index (χ2v) is 4.49. The lowest BCUT2D eigenvalue weighted by Gasteiger charge is -2.09. The molecule has 2 rings (SSSR count). The molecule has 0 aliphatic rings. The number of methoxy groups -OCH3 is 2. The number of ether oxygens (including phenoxy) is 2. The average molecular weight is 271 g/mol. The number of ketones is 1. The summed E-state index contributed by atoms with van der Waals surface area (Å²) in [6.07, 6.45) is 2.01. The first-order chi connectivity index (χ1) is 9.63. The molecule has 0 N–H and O–H groups in total. The van der Waals surface area contributed by atoms with E-state index >= 15 is 0 Å². The molecule has 0 amide bonds. The lowest BCUT2D eigenvalue weighted by molar-refractivity contribution is 0.0989. The van der Waals surface area contributed by atoms with Gasteiger partial charge in [-0.3, -0.25) is 9.78 Å². The van der Waals surface area contributed by atoms with Crippen molar-refractivity contribution < 1.29 is 14.3 Å². The number of hydrogen-bond donors (Lipinski definition) is 0. The van der Waals surface area contributed by atoms with Crippen LogP contribution < -0.4 is 9.47 Å². The molecule has 0 unspecified atom stereocenters. The van der Waals surface area contributed by atoms with E-state index in [9.17, 15) is 4.79 Å². The zero-order valence-corrected chi connectivity index (χ0v) is 11.8. The summed E-state index contributed by atoms with van der Waals surface area (Å²) >= 11 is 0. The molecule has 0 bridgehead atoms. The predicted octanol–water partition coefficient (Wildman–Crippen LogP) is 2.83. The Kier molecular flexibility index (Phi) is 4.35. The van der Waals surface area contributed by atoms with Crippen molar-refractivity contribution in [1.29, 1.82) is 0 Å². The number of carbonyl (C=O) groups is 1.